The highest BCUT2D eigenvalue weighted by Gasteiger charge is 2.41. The summed E-state index contributed by atoms with van der Waals surface area (Å²) in [6.07, 6.45) is -0.636. The number of benzene rings is 3. The maximum atomic E-state index is 13.6. The maximum Gasteiger partial charge on any atom is 0.296 e. The van der Waals surface area contributed by atoms with Crippen LogP contribution in [0.2, 0.25) is 0 Å². The lowest BCUT2D eigenvalue weighted by Crippen LogP contribution is -2.56. The van der Waals surface area contributed by atoms with E-state index in [0.29, 0.717) is 5.39 Å². The second kappa shape index (κ2) is 11.1. The number of hydrogen-bond donors (Lipinski definition) is 3. The van der Waals surface area contributed by atoms with Gasteiger partial charge in [-0.2, -0.15) is 0 Å². The molecule has 3 N–H and O–H groups in total. The molecule has 39 heavy (non-hydrogen) atoms. The van der Waals surface area contributed by atoms with E-state index in [1.54, 1.807) is 18.2 Å². The van der Waals surface area contributed by atoms with Crippen molar-refractivity contribution in [2.75, 3.05) is 12.4 Å². The van der Waals surface area contributed by atoms with E-state index in [-0.39, 0.29) is 22.1 Å². The minimum absolute atomic E-state index is 0.0717. The number of methoxy groups -OCH3 is 1. The SMILES string of the molecule is COc1ccc(NC(=O)C(=O)[C@@H](CC2C(=O)NC(=S)NC2=O)C(=O)c2ccc3ccccc3c2)c([N+](=O)[O-])c1. The van der Waals surface area contributed by atoms with Gasteiger partial charge in [0.1, 0.15) is 17.4 Å². The smallest absolute Gasteiger partial charge is 0.296 e. The molecule has 1 heterocycles. The quantitative estimate of drug-likeness (QED) is 0.0905. The van der Waals surface area contributed by atoms with Crippen molar-refractivity contribution < 1.29 is 33.6 Å². The molecule has 13 heteroatoms. The molecule has 12 nitrogen and oxygen atoms in total. The van der Waals surface area contributed by atoms with Crippen LogP contribution in [0.25, 0.3) is 10.8 Å². The van der Waals surface area contributed by atoms with Gasteiger partial charge in [0.25, 0.3) is 11.6 Å². The van der Waals surface area contributed by atoms with Crippen molar-refractivity contribution in [3.8, 4) is 5.75 Å². The molecule has 0 saturated carbocycles. The number of thiocarbonyl (C=S) groups is 1. The topological polar surface area (TPSA) is 174 Å². The fourth-order valence-corrected chi connectivity index (χ4v) is 4.31. The number of ketones is 2. The molecule has 4 rings (SSSR count). The van der Waals surface area contributed by atoms with E-state index >= 15 is 0 Å². The summed E-state index contributed by atoms with van der Waals surface area (Å²) in [6, 6.07) is 15.4. The molecule has 3 aromatic carbocycles. The van der Waals surface area contributed by atoms with Crippen LogP contribution < -0.4 is 20.7 Å². The monoisotopic (exact) mass is 548 g/mol. The highest BCUT2D eigenvalue weighted by molar-refractivity contribution is 7.80. The number of Topliss-reactive ketones (excluding diaryl/α,β-unsaturated/α-hetero) is 2. The molecule has 1 saturated heterocycles. The van der Waals surface area contributed by atoms with Crippen molar-refractivity contribution in [3.63, 3.8) is 0 Å². The Morgan fingerprint density at radius 2 is 1.69 bits per heavy atom. The van der Waals surface area contributed by atoms with Gasteiger partial charge in [-0.1, -0.05) is 36.4 Å². The lowest BCUT2D eigenvalue weighted by Gasteiger charge is -2.25. The van der Waals surface area contributed by atoms with Crippen LogP contribution in [-0.2, 0) is 19.2 Å². The van der Waals surface area contributed by atoms with Crippen LogP contribution >= 0.6 is 12.2 Å². The predicted molar refractivity (Wildman–Crippen MR) is 142 cm³/mol. The average molecular weight is 549 g/mol. The summed E-state index contributed by atoms with van der Waals surface area (Å²) in [6.45, 7) is 0. The number of ether oxygens (including phenoxy) is 1. The highest BCUT2D eigenvalue weighted by Crippen LogP contribution is 2.30. The molecule has 0 spiro atoms. The summed E-state index contributed by atoms with van der Waals surface area (Å²) in [5, 5.41) is 19.5. The summed E-state index contributed by atoms with van der Waals surface area (Å²) in [5.74, 6) is -8.23. The molecule has 0 bridgehead atoms. The normalized spacial score (nSPS) is 14.2. The highest BCUT2D eigenvalue weighted by atomic mass is 32.1. The van der Waals surface area contributed by atoms with E-state index in [0.717, 1.165) is 11.5 Å². The molecule has 1 aliphatic rings. The Morgan fingerprint density at radius 3 is 2.33 bits per heavy atom. The Labute approximate surface area is 225 Å². The van der Waals surface area contributed by atoms with E-state index < -0.39 is 58.2 Å². The number of nitro benzene ring substituents is 1. The van der Waals surface area contributed by atoms with Gasteiger partial charge in [-0.3, -0.25) is 34.1 Å². The third kappa shape index (κ3) is 5.78. The predicted octanol–water partition coefficient (Wildman–Crippen LogP) is 2.30. The largest absolute Gasteiger partial charge is 0.496 e. The first kappa shape index (κ1) is 27.0. The van der Waals surface area contributed by atoms with Crippen LogP contribution in [0.15, 0.2) is 60.7 Å². The zero-order valence-electron chi connectivity index (χ0n) is 20.3. The van der Waals surface area contributed by atoms with Gasteiger partial charge in [0, 0.05) is 5.56 Å². The first-order valence-corrected chi connectivity index (χ1v) is 11.9. The number of nitrogens with zero attached hydrogens (tertiary/aromatic N) is 1. The van der Waals surface area contributed by atoms with Gasteiger partial charge in [0.2, 0.25) is 17.6 Å². The Bertz CT molecular complexity index is 1550. The number of hydrogen-bond acceptors (Lipinski definition) is 9. The molecule has 0 unspecified atom stereocenters. The second-order valence-corrected chi connectivity index (χ2v) is 8.94. The van der Waals surface area contributed by atoms with Crippen LogP contribution in [0.4, 0.5) is 11.4 Å². The molecule has 1 atom stereocenters. The third-order valence-electron chi connectivity index (χ3n) is 6.12. The van der Waals surface area contributed by atoms with Gasteiger partial charge in [-0.15, -0.1) is 0 Å². The Morgan fingerprint density at radius 1 is 1.03 bits per heavy atom. The Kier molecular flexibility index (Phi) is 7.72. The standard InChI is InChI=1S/C26H20N4O8S/c1-38-16-8-9-19(20(11-16)30(36)37)27-25(35)22(32)17(12-18-23(33)28-26(39)29-24(18)34)21(31)15-7-6-13-4-2-3-5-14(13)10-15/h2-11,17-18H,12H2,1H3,(H,27,35)(H2,28,29,33,34,39)/t17-/m0/s1. The molecule has 198 valence electrons. The Hall–Kier alpha value is -5.04. The minimum Gasteiger partial charge on any atom is -0.496 e. The van der Waals surface area contributed by atoms with E-state index in [4.69, 9.17) is 17.0 Å². The molecule has 1 fully saturated rings. The number of fused-ring (bicyclic) bond motifs is 1. The van der Waals surface area contributed by atoms with Gasteiger partial charge in [-0.05, 0) is 47.6 Å². The summed E-state index contributed by atoms with van der Waals surface area (Å²) in [7, 11) is 1.30. The summed E-state index contributed by atoms with van der Waals surface area (Å²) in [5.41, 5.74) is -0.788. The van der Waals surface area contributed by atoms with Crippen molar-refractivity contribution in [2.24, 2.45) is 11.8 Å². The molecule has 3 amide bonds. The van der Waals surface area contributed by atoms with Crippen LogP contribution in [-0.4, -0.2) is 46.4 Å². The van der Waals surface area contributed by atoms with E-state index in [1.165, 1.54) is 31.4 Å². The molecule has 0 aromatic heterocycles. The number of carbonyl (C=O) groups is 5. The summed E-state index contributed by atoms with van der Waals surface area (Å²) >= 11 is 4.79. The zero-order valence-corrected chi connectivity index (χ0v) is 21.1. The fraction of sp³-hybridized carbons (Fsp3) is 0.154. The second-order valence-electron chi connectivity index (χ2n) is 8.53. The molecule has 1 aliphatic heterocycles. The van der Waals surface area contributed by atoms with E-state index in [1.807, 2.05) is 12.1 Å². The lowest BCUT2D eigenvalue weighted by molar-refractivity contribution is -0.384. The van der Waals surface area contributed by atoms with E-state index in [2.05, 4.69) is 16.0 Å². The first-order valence-electron chi connectivity index (χ1n) is 11.5. The first-order chi connectivity index (χ1) is 18.6. The van der Waals surface area contributed by atoms with Crippen LogP contribution in [0.3, 0.4) is 0 Å². The number of rotatable bonds is 9. The number of nitro groups is 1. The zero-order chi connectivity index (χ0) is 28.3. The van der Waals surface area contributed by atoms with Gasteiger partial charge in [0.05, 0.1) is 24.0 Å². The van der Waals surface area contributed by atoms with Crippen molar-refractivity contribution in [1.29, 1.82) is 0 Å². The van der Waals surface area contributed by atoms with Crippen LogP contribution in [0.1, 0.15) is 16.8 Å². The molecule has 0 radical (unpaired) electrons. The van der Waals surface area contributed by atoms with Crippen molar-refractivity contribution in [1.82, 2.24) is 10.6 Å². The third-order valence-corrected chi connectivity index (χ3v) is 6.32. The maximum absolute atomic E-state index is 13.6. The van der Waals surface area contributed by atoms with Crippen LogP contribution in [0.5, 0.6) is 5.75 Å². The molecular formula is C26H20N4O8S. The van der Waals surface area contributed by atoms with Gasteiger partial charge in [0.15, 0.2) is 10.9 Å². The van der Waals surface area contributed by atoms with Crippen molar-refractivity contribution >= 4 is 68.8 Å². The molecular weight excluding hydrogens is 528 g/mol. The summed E-state index contributed by atoms with van der Waals surface area (Å²) < 4.78 is 4.96. The number of amides is 3. The minimum atomic E-state index is -1.77. The van der Waals surface area contributed by atoms with Crippen molar-refractivity contribution in [2.45, 2.75) is 6.42 Å². The van der Waals surface area contributed by atoms with Crippen LogP contribution in [0, 0.1) is 22.0 Å². The molecule has 3 aromatic rings. The van der Waals surface area contributed by atoms with Gasteiger partial charge < -0.3 is 20.7 Å². The number of anilines is 1. The van der Waals surface area contributed by atoms with Crippen molar-refractivity contribution in [3.05, 3.63) is 76.3 Å². The average Bonchev–Trinajstić information content (AvgIpc) is 2.91. The van der Waals surface area contributed by atoms with Gasteiger partial charge in [-0.25, -0.2) is 0 Å². The molecule has 0 aliphatic carbocycles. The summed E-state index contributed by atoms with van der Waals surface area (Å²) in [4.78, 5) is 75.6. The van der Waals surface area contributed by atoms with E-state index in [9.17, 15) is 34.1 Å². The number of nitrogens with one attached hydrogen (secondary N) is 3. The fourth-order valence-electron chi connectivity index (χ4n) is 4.11. The number of carbonyl (C=O) groups excluding carboxylic acids is 5. The lowest BCUT2D eigenvalue weighted by atomic mass is 9.83. The van der Waals surface area contributed by atoms with Gasteiger partial charge >= 0.3 is 0 Å². The Balaban J connectivity index is 1.68.